The fourth-order valence-electron chi connectivity index (χ4n) is 6.40. The number of likely N-dealkylation sites (N-methyl/N-ethyl adjacent to an activating group) is 1. The molecule has 0 aliphatic heterocycles. The lowest BCUT2D eigenvalue weighted by Gasteiger charge is -2.34. The maximum Gasteiger partial charge on any atom is 0.306 e. The van der Waals surface area contributed by atoms with Gasteiger partial charge in [0.25, 0.3) is 0 Å². The molecule has 356 valence electrons. The molecule has 2 unspecified atom stereocenters. The Balaban J connectivity index is 4.47. The third kappa shape index (κ3) is 43.0. The number of unbranched alkanes of at least 4 members (excludes halogenated alkanes) is 11. The van der Waals surface area contributed by atoms with Crippen LogP contribution < -0.4 is 5.11 Å². The highest BCUT2D eigenvalue weighted by Gasteiger charge is 2.25. The summed E-state index contributed by atoms with van der Waals surface area (Å²) in [7, 11) is 5.37. The number of carboxylic acids is 1. The van der Waals surface area contributed by atoms with Crippen LogP contribution in [0.3, 0.4) is 0 Å². The number of nitrogens with zero attached hydrogens (tertiary/aromatic N) is 1. The molecule has 0 amide bonds. The second-order valence-electron chi connectivity index (χ2n) is 17.0. The lowest BCUT2D eigenvalue weighted by atomic mass is 10.1. The molecule has 0 aromatic carbocycles. The Morgan fingerprint density at radius 3 is 1.44 bits per heavy atom. The van der Waals surface area contributed by atoms with E-state index < -0.39 is 18.1 Å². The zero-order valence-corrected chi connectivity index (χ0v) is 40.4. The predicted octanol–water partition coefficient (Wildman–Crippen LogP) is 12.7. The maximum absolute atomic E-state index is 12.7. The summed E-state index contributed by atoms with van der Waals surface area (Å²) in [5.41, 5.74) is 0. The zero-order chi connectivity index (χ0) is 46.3. The van der Waals surface area contributed by atoms with Crippen LogP contribution in [0.15, 0.2) is 109 Å². The van der Waals surface area contributed by atoms with Crippen molar-refractivity contribution in [3.8, 4) is 0 Å². The first-order chi connectivity index (χ1) is 30.6. The largest absolute Gasteiger partial charge is 0.544 e. The predicted molar refractivity (Wildman–Crippen MR) is 263 cm³/mol. The van der Waals surface area contributed by atoms with E-state index in [1.807, 2.05) is 0 Å². The molecule has 63 heavy (non-hydrogen) atoms. The standard InChI is InChI=1S/C55H89NO7/c1-6-8-10-12-14-16-18-20-22-24-25-26-27-28-29-30-32-34-36-38-40-42-44-46-54(58)63-51(49-61-48-47-52(55(59)60)56(3,4)5)50-62-53(57)45-43-41-39-37-35-33-31-23-21-19-17-15-13-11-9-7-2/h8,10,14,16,20,22-23,25-26,28-29,31-35,38,40,51-52H,6-7,9,11-13,15,17-19,21,24,27,30,36-37,39,41-50H2,1-5H3/b10-8+,16-14+,22-20+,26-25+,29-28+,31-23+,34-32+,35-33+,40-38+. The number of esters is 2. The van der Waals surface area contributed by atoms with E-state index in [4.69, 9.17) is 14.2 Å². The van der Waals surface area contributed by atoms with Gasteiger partial charge in [0.2, 0.25) is 0 Å². The summed E-state index contributed by atoms with van der Waals surface area (Å²) >= 11 is 0. The molecule has 0 aliphatic rings. The van der Waals surface area contributed by atoms with Crippen LogP contribution in [0.25, 0.3) is 0 Å². The Labute approximate surface area is 385 Å². The third-order valence-electron chi connectivity index (χ3n) is 10.2. The molecule has 0 rings (SSSR count). The Kier molecular flexibility index (Phi) is 41.8. The number of carbonyl (C=O) groups is 3. The van der Waals surface area contributed by atoms with Crippen molar-refractivity contribution in [2.75, 3.05) is 41.0 Å². The number of hydrogen-bond acceptors (Lipinski definition) is 7. The van der Waals surface area contributed by atoms with E-state index in [1.165, 1.54) is 44.9 Å². The lowest BCUT2D eigenvalue weighted by molar-refractivity contribution is -0.889. The van der Waals surface area contributed by atoms with E-state index in [9.17, 15) is 19.5 Å². The number of hydrogen-bond donors (Lipinski definition) is 0. The molecule has 0 aromatic rings. The van der Waals surface area contributed by atoms with Gasteiger partial charge in [-0.15, -0.1) is 0 Å². The first kappa shape index (κ1) is 59.0. The van der Waals surface area contributed by atoms with Crippen molar-refractivity contribution in [3.63, 3.8) is 0 Å². The minimum absolute atomic E-state index is 0.00161. The highest BCUT2D eigenvalue weighted by Crippen LogP contribution is 2.11. The Bertz CT molecular complexity index is 1390. The van der Waals surface area contributed by atoms with Crippen LogP contribution in [0.5, 0.6) is 0 Å². The second-order valence-corrected chi connectivity index (χ2v) is 17.0. The molecule has 0 heterocycles. The SMILES string of the molecule is CC/C=C/C/C=C/C/C=C/C/C=C/C/C=C/C/C=C/C/C=C/CCCC(=O)OC(COCCC(C(=O)[O-])[N+](C)(C)C)COC(=O)CCCCC/C=C/C=C/CCCCCCCCC. The summed E-state index contributed by atoms with van der Waals surface area (Å²) in [6.45, 7) is 4.43. The zero-order valence-electron chi connectivity index (χ0n) is 40.4. The first-order valence-corrected chi connectivity index (χ1v) is 24.4. The number of aliphatic carboxylic acids is 1. The highest BCUT2D eigenvalue weighted by molar-refractivity contribution is 5.70. The summed E-state index contributed by atoms with van der Waals surface area (Å²) in [5, 5.41) is 11.6. The maximum atomic E-state index is 12.7. The molecule has 8 nitrogen and oxygen atoms in total. The van der Waals surface area contributed by atoms with E-state index in [2.05, 4.69) is 123 Å². The second kappa shape index (κ2) is 44.6. The van der Waals surface area contributed by atoms with Crippen LogP contribution in [-0.4, -0.2) is 75.5 Å². The molecule has 2 atom stereocenters. The monoisotopic (exact) mass is 876 g/mol. The van der Waals surface area contributed by atoms with E-state index in [1.54, 1.807) is 21.1 Å². The van der Waals surface area contributed by atoms with Crippen molar-refractivity contribution in [3.05, 3.63) is 109 Å². The van der Waals surface area contributed by atoms with Gasteiger partial charge < -0.3 is 28.6 Å². The van der Waals surface area contributed by atoms with Crippen molar-refractivity contribution >= 4 is 17.9 Å². The molecule has 8 heteroatoms. The molecule has 0 N–H and O–H groups in total. The molecule has 0 saturated carbocycles. The lowest BCUT2D eigenvalue weighted by Crippen LogP contribution is -2.55. The van der Waals surface area contributed by atoms with Gasteiger partial charge in [0.1, 0.15) is 12.6 Å². The fourth-order valence-corrected chi connectivity index (χ4v) is 6.40. The highest BCUT2D eigenvalue weighted by atomic mass is 16.6. The average molecular weight is 876 g/mol. The number of carboxylic acid groups (broad SMARTS) is 1. The molecule has 0 aromatic heterocycles. The fraction of sp³-hybridized carbons (Fsp3) is 0.618. The van der Waals surface area contributed by atoms with Crippen LogP contribution >= 0.6 is 0 Å². The van der Waals surface area contributed by atoms with Crippen LogP contribution in [0, 0.1) is 0 Å². The van der Waals surface area contributed by atoms with Gasteiger partial charge in [-0.25, -0.2) is 0 Å². The van der Waals surface area contributed by atoms with Crippen molar-refractivity contribution in [2.24, 2.45) is 0 Å². The smallest absolute Gasteiger partial charge is 0.306 e. The normalized spacial score (nSPS) is 13.9. The number of ether oxygens (including phenoxy) is 3. The number of allylic oxidation sites excluding steroid dienone is 18. The molecule has 0 saturated heterocycles. The van der Waals surface area contributed by atoms with E-state index >= 15 is 0 Å². The summed E-state index contributed by atoms with van der Waals surface area (Å²) in [4.78, 5) is 36.9. The number of carbonyl (C=O) groups excluding carboxylic acids is 3. The van der Waals surface area contributed by atoms with E-state index in [0.717, 1.165) is 83.5 Å². The van der Waals surface area contributed by atoms with Crippen molar-refractivity contribution in [1.29, 1.82) is 0 Å². The average Bonchev–Trinajstić information content (AvgIpc) is 3.24. The van der Waals surface area contributed by atoms with Gasteiger partial charge in [-0.3, -0.25) is 9.59 Å². The quantitative estimate of drug-likeness (QED) is 0.0198. The molecule has 0 bridgehead atoms. The minimum Gasteiger partial charge on any atom is -0.544 e. The summed E-state index contributed by atoms with van der Waals surface area (Å²) in [6, 6.07) is -0.747. The van der Waals surface area contributed by atoms with Crippen LogP contribution in [0.1, 0.15) is 168 Å². The van der Waals surface area contributed by atoms with Crippen LogP contribution in [-0.2, 0) is 28.6 Å². The van der Waals surface area contributed by atoms with Gasteiger partial charge in [-0.2, -0.15) is 0 Å². The molecule has 0 spiro atoms. The van der Waals surface area contributed by atoms with E-state index in [0.29, 0.717) is 12.8 Å². The molecular formula is C55H89NO7. The van der Waals surface area contributed by atoms with Gasteiger partial charge in [-0.05, 0) is 89.9 Å². The van der Waals surface area contributed by atoms with Gasteiger partial charge in [0.05, 0.1) is 40.3 Å². The Morgan fingerprint density at radius 1 is 0.508 bits per heavy atom. The van der Waals surface area contributed by atoms with Crippen molar-refractivity contribution in [2.45, 2.75) is 180 Å². The molecule has 0 radical (unpaired) electrons. The van der Waals surface area contributed by atoms with Crippen LogP contribution in [0.4, 0.5) is 0 Å². The molecular weight excluding hydrogens is 787 g/mol. The summed E-state index contributed by atoms with van der Waals surface area (Å²) < 4.78 is 17.1. The van der Waals surface area contributed by atoms with Gasteiger partial charge >= 0.3 is 11.9 Å². The van der Waals surface area contributed by atoms with E-state index in [-0.39, 0.29) is 49.1 Å². The van der Waals surface area contributed by atoms with Gasteiger partial charge in [-0.1, -0.05) is 168 Å². The van der Waals surface area contributed by atoms with Crippen molar-refractivity contribution < 1.29 is 38.2 Å². The summed E-state index contributed by atoms with van der Waals surface area (Å²) in [5.74, 6) is -1.86. The Morgan fingerprint density at radius 2 is 0.952 bits per heavy atom. The Hall–Kier alpha value is -4.01. The number of quaternary nitrogens is 1. The van der Waals surface area contributed by atoms with Gasteiger partial charge in [0.15, 0.2) is 6.10 Å². The number of rotatable bonds is 42. The van der Waals surface area contributed by atoms with Crippen molar-refractivity contribution in [1.82, 2.24) is 0 Å². The molecule has 0 aliphatic carbocycles. The first-order valence-electron chi connectivity index (χ1n) is 24.4. The topological polar surface area (TPSA) is 102 Å². The van der Waals surface area contributed by atoms with Gasteiger partial charge in [0, 0.05) is 19.3 Å². The summed E-state index contributed by atoms with van der Waals surface area (Å²) in [6.07, 6.45) is 61.3. The van der Waals surface area contributed by atoms with Crippen LogP contribution in [0.2, 0.25) is 0 Å². The third-order valence-corrected chi connectivity index (χ3v) is 10.2. The molecule has 0 fully saturated rings. The minimum atomic E-state index is -1.14.